The Morgan fingerprint density at radius 3 is 2.86 bits per heavy atom. The highest BCUT2D eigenvalue weighted by atomic mass is 32.1. The van der Waals surface area contributed by atoms with Gasteiger partial charge in [-0.3, -0.25) is 4.79 Å². The van der Waals surface area contributed by atoms with Crippen molar-refractivity contribution >= 4 is 17.2 Å². The molecule has 7 nitrogen and oxygen atoms in total. The molecule has 2 aromatic heterocycles. The molecule has 2 heterocycles. The lowest BCUT2D eigenvalue weighted by Gasteiger charge is -2.31. The number of amides is 1. The monoisotopic (exact) mass is 309 g/mol. The second-order valence-electron chi connectivity index (χ2n) is 5.79. The Balaban J connectivity index is 2.19. The van der Waals surface area contributed by atoms with E-state index in [9.17, 15) is 4.79 Å². The number of nitrogens with zero attached hydrogens (tertiary/aromatic N) is 4. The zero-order chi connectivity index (χ0) is 15.5. The maximum absolute atomic E-state index is 12.5. The van der Waals surface area contributed by atoms with Crippen LogP contribution in [0, 0.1) is 5.41 Å². The minimum absolute atomic E-state index is 0.0342. The molecule has 2 aromatic rings. The van der Waals surface area contributed by atoms with Gasteiger partial charge < -0.3 is 10.4 Å². The van der Waals surface area contributed by atoms with Gasteiger partial charge in [0.05, 0.1) is 5.69 Å². The van der Waals surface area contributed by atoms with Gasteiger partial charge in [-0.05, 0) is 33.7 Å². The molecule has 0 saturated carbocycles. The summed E-state index contributed by atoms with van der Waals surface area (Å²) in [6.07, 6.45) is 1.97. The van der Waals surface area contributed by atoms with E-state index >= 15 is 0 Å². The first-order chi connectivity index (χ1) is 9.93. The molecular weight excluding hydrogens is 290 g/mol. The Morgan fingerprint density at radius 2 is 2.29 bits per heavy atom. The molecule has 0 bridgehead atoms. The van der Waals surface area contributed by atoms with Crippen LogP contribution >= 0.6 is 11.3 Å². The Morgan fingerprint density at radius 1 is 1.52 bits per heavy atom. The molecule has 0 aliphatic carbocycles. The van der Waals surface area contributed by atoms with Crippen molar-refractivity contribution in [3.8, 4) is 5.69 Å². The number of carbonyl (C=O) groups is 1. The standard InChI is InChI=1S/C13H19N5O2S/c1-13(2,3)10(4-6-19)15-12(20)11-9(5-7-21-11)18-8-14-16-17-18/h5,7-8,10,19H,4,6H2,1-3H3,(H,15,20). The van der Waals surface area contributed by atoms with Crippen LogP contribution in [-0.4, -0.2) is 43.9 Å². The molecule has 0 fully saturated rings. The maximum Gasteiger partial charge on any atom is 0.263 e. The lowest BCUT2D eigenvalue weighted by molar-refractivity contribution is 0.0889. The van der Waals surface area contributed by atoms with Gasteiger partial charge in [0.25, 0.3) is 5.91 Å². The second kappa shape index (κ2) is 6.31. The summed E-state index contributed by atoms with van der Waals surface area (Å²) in [6.45, 7) is 6.13. The minimum atomic E-state index is -0.177. The second-order valence-corrected chi connectivity index (χ2v) is 6.71. The lowest BCUT2D eigenvalue weighted by atomic mass is 9.85. The zero-order valence-corrected chi connectivity index (χ0v) is 13.1. The van der Waals surface area contributed by atoms with E-state index < -0.39 is 0 Å². The van der Waals surface area contributed by atoms with E-state index in [1.807, 2.05) is 26.2 Å². The molecule has 1 amide bonds. The van der Waals surface area contributed by atoms with E-state index in [0.717, 1.165) is 0 Å². The van der Waals surface area contributed by atoms with Crippen molar-refractivity contribution in [2.24, 2.45) is 5.41 Å². The molecule has 8 heteroatoms. The van der Waals surface area contributed by atoms with E-state index in [-0.39, 0.29) is 24.0 Å². The highest BCUT2D eigenvalue weighted by Crippen LogP contribution is 2.24. The smallest absolute Gasteiger partial charge is 0.263 e. The molecule has 1 atom stereocenters. The van der Waals surface area contributed by atoms with Crippen LogP contribution in [0.25, 0.3) is 5.69 Å². The van der Waals surface area contributed by atoms with E-state index in [0.29, 0.717) is 17.0 Å². The predicted molar refractivity (Wildman–Crippen MR) is 79.4 cm³/mol. The molecule has 0 radical (unpaired) electrons. The topological polar surface area (TPSA) is 92.9 Å². The van der Waals surface area contributed by atoms with Gasteiger partial charge in [-0.15, -0.1) is 16.4 Å². The summed E-state index contributed by atoms with van der Waals surface area (Å²) in [5.74, 6) is -0.177. The quantitative estimate of drug-likeness (QED) is 0.867. The largest absolute Gasteiger partial charge is 0.396 e. The molecule has 2 N–H and O–H groups in total. The number of nitrogens with one attached hydrogen (secondary N) is 1. The molecule has 1 unspecified atom stereocenters. The summed E-state index contributed by atoms with van der Waals surface area (Å²) < 4.78 is 1.46. The SMILES string of the molecule is CC(C)(C)C(CCO)NC(=O)c1sccc1-n1cnnn1. The first-order valence-electron chi connectivity index (χ1n) is 6.66. The maximum atomic E-state index is 12.5. The third-order valence-corrected chi connectivity index (χ3v) is 4.12. The molecule has 114 valence electrons. The van der Waals surface area contributed by atoms with E-state index in [2.05, 4.69) is 20.8 Å². The lowest BCUT2D eigenvalue weighted by Crippen LogP contribution is -2.44. The third-order valence-electron chi connectivity index (χ3n) is 3.21. The molecule has 0 saturated heterocycles. The van der Waals surface area contributed by atoms with Crippen molar-refractivity contribution in [3.05, 3.63) is 22.7 Å². The molecule has 0 aromatic carbocycles. The van der Waals surface area contributed by atoms with Crippen molar-refractivity contribution in [2.75, 3.05) is 6.61 Å². The van der Waals surface area contributed by atoms with Crippen LogP contribution in [-0.2, 0) is 0 Å². The summed E-state index contributed by atoms with van der Waals surface area (Å²) in [7, 11) is 0. The van der Waals surface area contributed by atoms with Crippen LogP contribution in [0.4, 0.5) is 0 Å². The number of aliphatic hydroxyl groups is 1. The van der Waals surface area contributed by atoms with Crippen LogP contribution in [0.1, 0.15) is 36.9 Å². The Labute approximate surface area is 127 Å². The number of tetrazole rings is 1. The van der Waals surface area contributed by atoms with Gasteiger partial charge in [0.15, 0.2) is 0 Å². The van der Waals surface area contributed by atoms with Gasteiger partial charge in [-0.2, -0.15) is 4.68 Å². The van der Waals surface area contributed by atoms with Gasteiger partial charge in [-0.25, -0.2) is 0 Å². The van der Waals surface area contributed by atoms with Crippen molar-refractivity contribution in [3.63, 3.8) is 0 Å². The number of carbonyl (C=O) groups excluding carboxylic acids is 1. The van der Waals surface area contributed by atoms with Crippen LogP contribution < -0.4 is 5.32 Å². The van der Waals surface area contributed by atoms with Gasteiger partial charge in [0.1, 0.15) is 11.2 Å². The van der Waals surface area contributed by atoms with Crippen LogP contribution in [0.3, 0.4) is 0 Å². The highest BCUT2D eigenvalue weighted by molar-refractivity contribution is 7.12. The first-order valence-corrected chi connectivity index (χ1v) is 7.54. The van der Waals surface area contributed by atoms with Crippen molar-refractivity contribution in [1.82, 2.24) is 25.5 Å². The van der Waals surface area contributed by atoms with Crippen molar-refractivity contribution in [1.29, 1.82) is 0 Å². The van der Waals surface area contributed by atoms with Crippen LogP contribution in [0.2, 0.25) is 0 Å². The number of hydrogen-bond donors (Lipinski definition) is 2. The van der Waals surface area contributed by atoms with Crippen LogP contribution in [0.5, 0.6) is 0 Å². The third kappa shape index (κ3) is 3.64. The first kappa shape index (κ1) is 15.6. The Hall–Kier alpha value is -1.80. The normalized spacial score (nSPS) is 13.1. The average Bonchev–Trinajstić information content (AvgIpc) is 3.07. The molecule has 0 spiro atoms. The Kier molecular flexibility index (Phi) is 4.69. The number of rotatable bonds is 5. The number of thiophene rings is 1. The van der Waals surface area contributed by atoms with Crippen molar-refractivity contribution in [2.45, 2.75) is 33.2 Å². The minimum Gasteiger partial charge on any atom is -0.396 e. The van der Waals surface area contributed by atoms with Crippen LogP contribution in [0.15, 0.2) is 17.8 Å². The van der Waals surface area contributed by atoms with E-state index in [1.54, 1.807) is 6.07 Å². The molecule has 0 aliphatic rings. The van der Waals surface area contributed by atoms with E-state index in [4.69, 9.17) is 5.11 Å². The molecule has 0 aliphatic heterocycles. The fourth-order valence-corrected chi connectivity index (χ4v) is 2.78. The molecule has 2 rings (SSSR count). The fraction of sp³-hybridized carbons (Fsp3) is 0.538. The molecular formula is C13H19N5O2S. The fourth-order valence-electron chi connectivity index (χ4n) is 2.00. The van der Waals surface area contributed by atoms with Gasteiger partial charge in [-0.1, -0.05) is 20.8 Å². The highest BCUT2D eigenvalue weighted by Gasteiger charge is 2.27. The zero-order valence-electron chi connectivity index (χ0n) is 12.3. The average molecular weight is 309 g/mol. The van der Waals surface area contributed by atoms with Gasteiger partial charge >= 0.3 is 0 Å². The summed E-state index contributed by atoms with van der Waals surface area (Å²) in [6, 6.07) is 1.69. The van der Waals surface area contributed by atoms with Crippen molar-refractivity contribution < 1.29 is 9.90 Å². The number of aromatic nitrogens is 4. The summed E-state index contributed by atoms with van der Waals surface area (Å²) >= 11 is 1.34. The number of hydrogen-bond acceptors (Lipinski definition) is 6. The molecule has 21 heavy (non-hydrogen) atoms. The summed E-state index contributed by atoms with van der Waals surface area (Å²) in [5.41, 5.74) is 0.518. The summed E-state index contributed by atoms with van der Waals surface area (Å²) in [4.78, 5) is 13.0. The van der Waals surface area contributed by atoms with Gasteiger partial charge in [0, 0.05) is 12.6 Å². The number of aliphatic hydroxyl groups excluding tert-OH is 1. The predicted octanol–water partition coefficient (Wildman–Crippen LogP) is 1.25. The summed E-state index contributed by atoms with van der Waals surface area (Å²) in [5, 5.41) is 25.0. The van der Waals surface area contributed by atoms with E-state index in [1.165, 1.54) is 22.3 Å². The Bertz CT molecular complexity index is 588. The van der Waals surface area contributed by atoms with Gasteiger partial charge in [0.2, 0.25) is 0 Å².